The van der Waals surface area contributed by atoms with Gasteiger partial charge < -0.3 is 5.32 Å². The van der Waals surface area contributed by atoms with Gasteiger partial charge in [0.25, 0.3) is 5.91 Å². The number of amides is 1. The molecule has 6 heteroatoms. The normalized spacial score (nSPS) is 11.5. The third kappa shape index (κ3) is 4.86. The van der Waals surface area contributed by atoms with Crippen LogP contribution in [0.4, 0.5) is 0 Å². The van der Waals surface area contributed by atoms with Gasteiger partial charge in [-0.2, -0.15) is 0 Å². The number of thioether (sulfide) groups is 1. The van der Waals surface area contributed by atoms with Crippen molar-refractivity contribution in [3.8, 4) is 5.69 Å². The molecule has 2 aromatic rings. The van der Waals surface area contributed by atoms with E-state index in [0.29, 0.717) is 24.3 Å². The number of carbonyl (C=O) groups excluding carboxylic acids is 1. The van der Waals surface area contributed by atoms with Crippen molar-refractivity contribution in [2.24, 2.45) is 0 Å². The minimum atomic E-state index is -0.0934. The topological polar surface area (TPSA) is 50.2 Å². The molecule has 0 atom stereocenters. The van der Waals surface area contributed by atoms with Gasteiger partial charge >= 0.3 is 0 Å². The predicted molar refractivity (Wildman–Crippen MR) is 105 cm³/mol. The molecule has 0 aliphatic heterocycles. The molecule has 1 aromatic heterocycles. The van der Waals surface area contributed by atoms with E-state index in [-0.39, 0.29) is 5.91 Å². The maximum Gasteiger partial charge on any atom is 0.270 e. The van der Waals surface area contributed by atoms with E-state index >= 15 is 0 Å². The molecule has 1 heterocycles. The number of hydrogen-bond acceptors (Lipinski definition) is 4. The summed E-state index contributed by atoms with van der Waals surface area (Å²) in [7, 11) is 0. The molecule has 0 radical (unpaired) electrons. The van der Waals surface area contributed by atoms with Crippen molar-refractivity contribution >= 4 is 17.7 Å². The van der Waals surface area contributed by atoms with E-state index in [1.807, 2.05) is 41.2 Å². The van der Waals surface area contributed by atoms with Crippen molar-refractivity contribution in [3.05, 3.63) is 42.2 Å². The molecule has 1 aromatic carbocycles. The Kier molecular flexibility index (Phi) is 7.08. The second kappa shape index (κ2) is 9.06. The summed E-state index contributed by atoms with van der Waals surface area (Å²) >= 11 is 1.53. The van der Waals surface area contributed by atoms with Crippen molar-refractivity contribution < 1.29 is 4.79 Å². The van der Waals surface area contributed by atoms with E-state index in [9.17, 15) is 4.79 Å². The standard InChI is InChI=1S/C19H28N4OS/c1-14(2)22(15(3)4)12-11-20-18(24)17-13-21-19(25-5)23(17)16-9-7-6-8-10-16/h6-10,13-15H,11-12H2,1-5H3,(H,20,24). The third-order valence-corrected chi connectivity index (χ3v) is 4.79. The number of imidazole rings is 1. The molecule has 0 saturated heterocycles. The first-order valence-electron chi connectivity index (χ1n) is 8.66. The van der Waals surface area contributed by atoms with Gasteiger partial charge in [0.2, 0.25) is 0 Å². The van der Waals surface area contributed by atoms with Gasteiger partial charge in [-0.3, -0.25) is 14.3 Å². The zero-order valence-electron chi connectivity index (χ0n) is 15.7. The van der Waals surface area contributed by atoms with Crippen LogP contribution in [0.2, 0.25) is 0 Å². The molecule has 0 aliphatic carbocycles. The summed E-state index contributed by atoms with van der Waals surface area (Å²) in [4.78, 5) is 19.4. The van der Waals surface area contributed by atoms with Crippen LogP contribution in [0.25, 0.3) is 5.69 Å². The van der Waals surface area contributed by atoms with Gasteiger partial charge in [-0.1, -0.05) is 30.0 Å². The molecule has 25 heavy (non-hydrogen) atoms. The fourth-order valence-electron chi connectivity index (χ4n) is 2.97. The number of nitrogens with zero attached hydrogens (tertiary/aromatic N) is 3. The lowest BCUT2D eigenvalue weighted by Gasteiger charge is -2.30. The highest BCUT2D eigenvalue weighted by Crippen LogP contribution is 2.21. The minimum absolute atomic E-state index is 0.0934. The van der Waals surface area contributed by atoms with Crippen LogP contribution < -0.4 is 5.32 Å². The summed E-state index contributed by atoms with van der Waals surface area (Å²) in [6.45, 7) is 10.2. The predicted octanol–water partition coefficient (Wildman–Crippen LogP) is 3.44. The third-order valence-electron chi connectivity index (χ3n) is 4.14. The number of rotatable bonds is 8. The molecule has 5 nitrogen and oxygen atoms in total. The monoisotopic (exact) mass is 360 g/mol. The Labute approximate surface area is 154 Å². The van der Waals surface area contributed by atoms with E-state index in [1.54, 1.807) is 6.20 Å². The highest BCUT2D eigenvalue weighted by molar-refractivity contribution is 7.98. The minimum Gasteiger partial charge on any atom is -0.349 e. The van der Waals surface area contributed by atoms with Crippen LogP contribution in [0.3, 0.4) is 0 Å². The maximum absolute atomic E-state index is 12.7. The number of para-hydroxylation sites is 1. The summed E-state index contributed by atoms with van der Waals surface area (Å²) in [5, 5.41) is 3.84. The van der Waals surface area contributed by atoms with Gasteiger partial charge in [-0.25, -0.2) is 4.98 Å². The van der Waals surface area contributed by atoms with E-state index in [0.717, 1.165) is 17.4 Å². The zero-order valence-corrected chi connectivity index (χ0v) is 16.5. The van der Waals surface area contributed by atoms with Crippen LogP contribution in [0, 0.1) is 0 Å². The quantitative estimate of drug-likeness (QED) is 0.733. The maximum atomic E-state index is 12.7. The van der Waals surface area contributed by atoms with Crippen LogP contribution in [0.1, 0.15) is 38.2 Å². The van der Waals surface area contributed by atoms with E-state index in [1.165, 1.54) is 11.8 Å². The highest BCUT2D eigenvalue weighted by Gasteiger charge is 2.18. The van der Waals surface area contributed by atoms with Gasteiger partial charge in [-0.15, -0.1) is 0 Å². The van der Waals surface area contributed by atoms with Crippen LogP contribution in [0.5, 0.6) is 0 Å². The second-order valence-electron chi connectivity index (χ2n) is 6.48. The molecule has 0 saturated carbocycles. The van der Waals surface area contributed by atoms with Gasteiger partial charge in [0.05, 0.1) is 6.20 Å². The number of nitrogens with one attached hydrogen (secondary N) is 1. The Morgan fingerprint density at radius 3 is 2.40 bits per heavy atom. The van der Waals surface area contributed by atoms with Crippen LogP contribution in [-0.2, 0) is 0 Å². The summed E-state index contributed by atoms with van der Waals surface area (Å²) in [6, 6.07) is 10.8. The van der Waals surface area contributed by atoms with Crippen molar-refractivity contribution in [3.63, 3.8) is 0 Å². The molecular formula is C19H28N4OS. The smallest absolute Gasteiger partial charge is 0.270 e. The van der Waals surface area contributed by atoms with Crippen LogP contribution in [-0.4, -0.2) is 51.8 Å². The van der Waals surface area contributed by atoms with Crippen LogP contribution in [0.15, 0.2) is 41.7 Å². The van der Waals surface area contributed by atoms with E-state index in [4.69, 9.17) is 0 Å². The van der Waals surface area contributed by atoms with E-state index < -0.39 is 0 Å². The molecule has 1 N–H and O–H groups in total. The molecule has 0 aliphatic rings. The second-order valence-corrected chi connectivity index (χ2v) is 7.26. The van der Waals surface area contributed by atoms with Gasteiger partial charge in [-0.05, 0) is 46.1 Å². The summed E-state index contributed by atoms with van der Waals surface area (Å²) in [6.07, 6.45) is 3.61. The Morgan fingerprint density at radius 2 is 1.84 bits per heavy atom. The first-order valence-corrected chi connectivity index (χ1v) is 9.89. The lowest BCUT2D eigenvalue weighted by Crippen LogP contribution is -2.42. The summed E-state index contributed by atoms with van der Waals surface area (Å²) in [5.74, 6) is -0.0934. The number of aromatic nitrogens is 2. The fourth-order valence-corrected chi connectivity index (χ4v) is 3.51. The van der Waals surface area contributed by atoms with Crippen molar-refractivity contribution in [2.75, 3.05) is 19.3 Å². The first-order chi connectivity index (χ1) is 12.0. The van der Waals surface area contributed by atoms with Crippen molar-refractivity contribution in [2.45, 2.75) is 44.9 Å². The highest BCUT2D eigenvalue weighted by atomic mass is 32.2. The van der Waals surface area contributed by atoms with Gasteiger partial charge in [0.15, 0.2) is 5.16 Å². The summed E-state index contributed by atoms with van der Waals surface area (Å²) in [5.41, 5.74) is 1.51. The number of benzene rings is 1. The van der Waals surface area contributed by atoms with Crippen LogP contribution >= 0.6 is 11.8 Å². The molecule has 0 spiro atoms. The molecule has 2 rings (SSSR count). The SMILES string of the molecule is CSc1ncc(C(=O)NCCN(C(C)C)C(C)C)n1-c1ccccc1. The fraction of sp³-hybridized carbons (Fsp3) is 0.474. The Morgan fingerprint density at radius 1 is 1.20 bits per heavy atom. The Balaban J connectivity index is 2.11. The lowest BCUT2D eigenvalue weighted by molar-refractivity contribution is 0.0932. The lowest BCUT2D eigenvalue weighted by atomic mass is 10.2. The van der Waals surface area contributed by atoms with Crippen molar-refractivity contribution in [1.82, 2.24) is 19.8 Å². The summed E-state index contributed by atoms with van der Waals surface area (Å²) < 4.78 is 1.91. The largest absolute Gasteiger partial charge is 0.349 e. The average molecular weight is 361 g/mol. The molecule has 1 amide bonds. The number of hydrogen-bond donors (Lipinski definition) is 1. The molecule has 0 unspecified atom stereocenters. The molecular weight excluding hydrogens is 332 g/mol. The molecule has 136 valence electrons. The van der Waals surface area contributed by atoms with E-state index in [2.05, 4.69) is 42.9 Å². The Bertz CT molecular complexity index is 674. The first kappa shape index (κ1) is 19.5. The van der Waals surface area contributed by atoms with Gasteiger partial charge in [0, 0.05) is 30.9 Å². The zero-order chi connectivity index (χ0) is 18.4. The Hall–Kier alpha value is -1.79. The average Bonchev–Trinajstić information content (AvgIpc) is 3.02. The molecule has 0 bridgehead atoms. The number of carbonyl (C=O) groups is 1. The molecule has 0 fully saturated rings. The van der Waals surface area contributed by atoms with Gasteiger partial charge in [0.1, 0.15) is 5.69 Å². The van der Waals surface area contributed by atoms with Crippen molar-refractivity contribution in [1.29, 1.82) is 0 Å².